The van der Waals surface area contributed by atoms with E-state index in [1.807, 2.05) is 6.20 Å². The second kappa shape index (κ2) is 9.86. The quantitative estimate of drug-likeness (QED) is 0.764. The van der Waals surface area contributed by atoms with E-state index in [1.54, 1.807) is 0 Å². The van der Waals surface area contributed by atoms with Gasteiger partial charge in [0.1, 0.15) is 0 Å². The maximum atomic E-state index is 11.9. The van der Waals surface area contributed by atoms with Gasteiger partial charge in [0.15, 0.2) is 0 Å². The number of amides is 2. The molecule has 2 fully saturated rings. The number of rotatable bonds is 3. The van der Waals surface area contributed by atoms with E-state index in [1.165, 1.54) is 70.6 Å². The van der Waals surface area contributed by atoms with Crippen molar-refractivity contribution in [2.45, 2.75) is 89.5 Å². The van der Waals surface area contributed by atoms with Crippen LogP contribution in [0.5, 0.6) is 0 Å². The monoisotopic (exact) mass is 292 g/mol. The molecule has 2 amide bonds. The minimum absolute atomic E-state index is 0.0241. The third-order valence-corrected chi connectivity index (χ3v) is 4.65. The molecule has 0 aliphatic heterocycles. The Morgan fingerprint density at radius 1 is 0.762 bits per heavy atom. The summed E-state index contributed by atoms with van der Waals surface area (Å²) in [6, 6.07) is 0.336. The third-order valence-electron chi connectivity index (χ3n) is 4.65. The van der Waals surface area contributed by atoms with Gasteiger partial charge in [-0.05, 0) is 31.6 Å². The Labute approximate surface area is 130 Å². The average molecular weight is 292 g/mol. The van der Waals surface area contributed by atoms with Gasteiger partial charge in [-0.15, -0.1) is 0 Å². The van der Waals surface area contributed by atoms with Gasteiger partial charge in [0.05, 0.1) is 0 Å². The van der Waals surface area contributed by atoms with Crippen LogP contribution in [0.1, 0.15) is 83.5 Å². The highest BCUT2D eigenvalue weighted by Gasteiger charge is 2.17. The van der Waals surface area contributed by atoms with Gasteiger partial charge in [-0.3, -0.25) is 0 Å². The summed E-state index contributed by atoms with van der Waals surface area (Å²) in [6.07, 6.45) is 20.8. The molecule has 0 aromatic heterocycles. The lowest BCUT2D eigenvalue weighted by atomic mass is 9.98. The molecule has 0 atom stereocenters. The number of carbonyl (C=O) groups is 1. The lowest BCUT2D eigenvalue weighted by Crippen LogP contribution is -2.40. The highest BCUT2D eigenvalue weighted by Crippen LogP contribution is 2.29. The molecule has 0 radical (unpaired) electrons. The van der Waals surface area contributed by atoms with Crippen LogP contribution in [0, 0.1) is 5.92 Å². The number of carbonyl (C=O) groups excluding carboxylic acids is 1. The molecule has 2 N–H and O–H groups in total. The standard InChI is InChI=1S/C18H32N2O/c21-18(19-15-14-16-12-13-16)20-17-10-8-6-4-2-1-3-5-7-9-11-17/h14-17H,1-13H2,(H2,19,20,21)/b15-14+. The van der Waals surface area contributed by atoms with Crippen molar-refractivity contribution < 1.29 is 4.79 Å². The molecule has 2 rings (SSSR count). The minimum Gasteiger partial charge on any atom is -0.335 e. The normalized spacial score (nSPS) is 23.2. The van der Waals surface area contributed by atoms with Crippen LogP contribution in [-0.2, 0) is 0 Å². The first-order chi connectivity index (χ1) is 10.3. The number of hydrogen-bond acceptors (Lipinski definition) is 1. The Morgan fingerprint density at radius 3 is 1.81 bits per heavy atom. The highest BCUT2D eigenvalue weighted by molar-refractivity contribution is 5.75. The lowest BCUT2D eigenvalue weighted by molar-refractivity contribution is 0.237. The van der Waals surface area contributed by atoms with Crippen LogP contribution in [0.15, 0.2) is 12.3 Å². The molecular formula is C18H32N2O. The predicted octanol–water partition coefficient (Wildman–Crippen LogP) is 4.88. The van der Waals surface area contributed by atoms with Crippen molar-refractivity contribution in [3.63, 3.8) is 0 Å². The van der Waals surface area contributed by atoms with Crippen molar-refractivity contribution in [2.75, 3.05) is 0 Å². The summed E-state index contributed by atoms with van der Waals surface area (Å²) in [5.74, 6) is 0.714. The molecule has 3 nitrogen and oxygen atoms in total. The van der Waals surface area contributed by atoms with Crippen LogP contribution in [0.25, 0.3) is 0 Å². The van der Waals surface area contributed by atoms with E-state index in [9.17, 15) is 4.79 Å². The van der Waals surface area contributed by atoms with Crippen LogP contribution in [0.2, 0.25) is 0 Å². The van der Waals surface area contributed by atoms with Crippen LogP contribution >= 0.6 is 0 Å². The second-order valence-corrected chi connectivity index (χ2v) is 6.77. The number of allylic oxidation sites excluding steroid dienone is 1. The van der Waals surface area contributed by atoms with E-state index >= 15 is 0 Å². The summed E-state index contributed by atoms with van der Waals surface area (Å²) >= 11 is 0. The van der Waals surface area contributed by atoms with Gasteiger partial charge in [-0.1, -0.05) is 63.9 Å². The van der Waals surface area contributed by atoms with Gasteiger partial charge in [-0.25, -0.2) is 4.79 Å². The molecule has 2 aliphatic rings. The molecule has 0 saturated heterocycles. The summed E-state index contributed by atoms with van der Waals surface area (Å²) < 4.78 is 0. The van der Waals surface area contributed by atoms with Crippen molar-refractivity contribution in [1.82, 2.24) is 10.6 Å². The van der Waals surface area contributed by atoms with Gasteiger partial charge >= 0.3 is 6.03 Å². The minimum atomic E-state index is -0.0241. The van der Waals surface area contributed by atoms with Gasteiger partial charge in [0.2, 0.25) is 0 Å². The SMILES string of the molecule is O=C(N/C=C/C1CC1)NC1CCCCCCCCCCC1. The zero-order valence-electron chi connectivity index (χ0n) is 13.4. The van der Waals surface area contributed by atoms with E-state index in [2.05, 4.69) is 16.7 Å². The van der Waals surface area contributed by atoms with Crippen molar-refractivity contribution in [2.24, 2.45) is 5.92 Å². The smallest absolute Gasteiger partial charge is 0.318 e. The van der Waals surface area contributed by atoms with E-state index in [4.69, 9.17) is 0 Å². The van der Waals surface area contributed by atoms with E-state index in [-0.39, 0.29) is 6.03 Å². The molecule has 0 heterocycles. The summed E-state index contributed by atoms with van der Waals surface area (Å²) in [4.78, 5) is 11.9. The van der Waals surface area contributed by atoms with Crippen molar-refractivity contribution in [1.29, 1.82) is 0 Å². The Balaban J connectivity index is 1.67. The van der Waals surface area contributed by atoms with Crippen LogP contribution in [-0.4, -0.2) is 12.1 Å². The van der Waals surface area contributed by atoms with Crippen LogP contribution in [0.4, 0.5) is 4.79 Å². The van der Waals surface area contributed by atoms with Gasteiger partial charge in [-0.2, -0.15) is 0 Å². The first kappa shape index (κ1) is 16.4. The first-order valence-electron chi connectivity index (χ1n) is 9.08. The number of hydrogen-bond donors (Lipinski definition) is 2. The summed E-state index contributed by atoms with van der Waals surface area (Å²) in [5.41, 5.74) is 0. The second-order valence-electron chi connectivity index (χ2n) is 6.77. The molecule has 120 valence electrons. The molecule has 0 aromatic carbocycles. The Bertz CT molecular complexity index is 311. The van der Waals surface area contributed by atoms with Crippen molar-refractivity contribution in [3.05, 3.63) is 12.3 Å². The topological polar surface area (TPSA) is 41.1 Å². The molecule has 0 aromatic rings. The Hall–Kier alpha value is -0.990. The van der Waals surface area contributed by atoms with Gasteiger partial charge < -0.3 is 10.6 Å². The van der Waals surface area contributed by atoms with E-state index < -0.39 is 0 Å². The third kappa shape index (κ3) is 8.13. The number of nitrogens with one attached hydrogen (secondary N) is 2. The van der Waals surface area contributed by atoms with Crippen LogP contribution < -0.4 is 10.6 Å². The molecule has 2 aliphatic carbocycles. The molecule has 0 bridgehead atoms. The first-order valence-corrected chi connectivity index (χ1v) is 9.08. The fourth-order valence-electron chi connectivity index (χ4n) is 3.08. The molecule has 0 unspecified atom stereocenters. The van der Waals surface area contributed by atoms with Crippen molar-refractivity contribution in [3.8, 4) is 0 Å². The number of urea groups is 1. The highest BCUT2D eigenvalue weighted by atomic mass is 16.2. The molecule has 21 heavy (non-hydrogen) atoms. The van der Waals surface area contributed by atoms with Crippen molar-refractivity contribution >= 4 is 6.03 Å². The zero-order valence-corrected chi connectivity index (χ0v) is 13.4. The predicted molar refractivity (Wildman–Crippen MR) is 88.1 cm³/mol. The summed E-state index contributed by atoms with van der Waals surface area (Å²) in [7, 11) is 0. The Morgan fingerprint density at radius 2 is 1.29 bits per heavy atom. The maximum Gasteiger partial charge on any atom is 0.318 e. The lowest BCUT2D eigenvalue weighted by Gasteiger charge is -2.19. The van der Waals surface area contributed by atoms with Crippen LogP contribution in [0.3, 0.4) is 0 Å². The van der Waals surface area contributed by atoms with Gasteiger partial charge in [0, 0.05) is 12.2 Å². The largest absolute Gasteiger partial charge is 0.335 e. The fraction of sp³-hybridized carbons (Fsp3) is 0.833. The fourth-order valence-corrected chi connectivity index (χ4v) is 3.08. The maximum absolute atomic E-state index is 11.9. The van der Waals surface area contributed by atoms with E-state index in [0.717, 1.165) is 12.8 Å². The molecule has 2 saturated carbocycles. The average Bonchev–Trinajstić information content (AvgIpc) is 3.26. The summed E-state index contributed by atoms with van der Waals surface area (Å²) in [6.45, 7) is 0. The molecule has 3 heteroatoms. The van der Waals surface area contributed by atoms with Gasteiger partial charge in [0.25, 0.3) is 0 Å². The molecule has 0 spiro atoms. The zero-order chi connectivity index (χ0) is 14.8. The Kier molecular flexibility index (Phi) is 7.69. The molecular weight excluding hydrogens is 260 g/mol. The van der Waals surface area contributed by atoms with E-state index in [0.29, 0.717) is 12.0 Å². The summed E-state index contributed by atoms with van der Waals surface area (Å²) in [5, 5.41) is 6.02.